The molecule has 0 unspecified atom stereocenters. The largest absolute Gasteiger partial charge is 0.497 e. The molecule has 1 fully saturated rings. The zero-order chi connectivity index (χ0) is 19.5. The predicted octanol–water partition coefficient (Wildman–Crippen LogP) is 4.31. The van der Waals surface area contributed by atoms with E-state index in [2.05, 4.69) is 22.1 Å². The van der Waals surface area contributed by atoms with Crippen molar-refractivity contribution in [2.24, 2.45) is 5.92 Å². The van der Waals surface area contributed by atoms with E-state index < -0.39 is 0 Å². The number of nitrogens with one attached hydrogen (secondary N) is 1. The van der Waals surface area contributed by atoms with E-state index in [1.807, 2.05) is 23.6 Å². The van der Waals surface area contributed by atoms with Crippen molar-refractivity contribution in [1.82, 2.24) is 9.88 Å². The molecule has 4 rings (SSSR count). The molecule has 0 aliphatic carbocycles. The van der Waals surface area contributed by atoms with Crippen LogP contribution in [-0.4, -0.2) is 36.0 Å². The highest BCUT2D eigenvalue weighted by Crippen LogP contribution is 2.26. The number of benzene rings is 1. The van der Waals surface area contributed by atoms with E-state index in [0.29, 0.717) is 5.13 Å². The summed E-state index contributed by atoms with van der Waals surface area (Å²) in [5.74, 6) is 1.46. The fourth-order valence-corrected chi connectivity index (χ4v) is 4.27. The number of hydrogen-bond donors (Lipinski definition) is 1. The lowest BCUT2D eigenvalue weighted by atomic mass is 9.99. The lowest BCUT2D eigenvalue weighted by molar-refractivity contribution is -0.115. The second kappa shape index (κ2) is 8.32. The first kappa shape index (κ1) is 19.0. The SMILES string of the molecule is COc1ccc2c(CC(=O)Nc3nc(CN4CCC(C)CC4)cs3)coc2c1. The van der Waals surface area contributed by atoms with Crippen LogP contribution >= 0.6 is 11.3 Å². The summed E-state index contributed by atoms with van der Waals surface area (Å²) in [6.07, 6.45) is 4.38. The van der Waals surface area contributed by atoms with Crippen LogP contribution in [0.5, 0.6) is 5.75 Å². The predicted molar refractivity (Wildman–Crippen MR) is 111 cm³/mol. The summed E-state index contributed by atoms with van der Waals surface area (Å²) in [6, 6.07) is 5.61. The minimum Gasteiger partial charge on any atom is -0.497 e. The van der Waals surface area contributed by atoms with Crippen LogP contribution in [0, 0.1) is 5.92 Å². The summed E-state index contributed by atoms with van der Waals surface area (Å²) in [4.78, 5) is 19.5. The summed E-state index contributed by atoms with van der Waals surface area (Å²) in [5.41, 5.74) is 2.60. The Morgan fingerprint density at radius 3 is 3.00 bits per heavy atom. The Bertz CT molecular complexity index is 957. The fourth-order valence-electron chi connectivity index (χ4n) is 3.55. The minimum absolute atomic E-state index is 0.0915. The van der Waals surface area contributed by atoms with Gasteiger partial charge in [0.15, 0.2) is 5.13 Å². The third-order valence-electron chi connectivity index (χ3n) is 5.27. The van der Waals surface area contributed by atoms with Gasteiger partial charge in [0, 0.05) is 28.9 Å². The Morgan fingerprint density at radius 2 is 2.21 bits per heavy atom. The van der Waals surface area contributed by atoms with Crippen LogP contribution in [0.2, 0.25) is 0 Å². The summed E-state index contributed by atoms with van der Waals surface area (Å²) in [7, 11) is 1.62. The molecule has 0 saturated carbocycles. The van der Waals surface area contributed by atoms with Crippen molar-refractivity contribution in [2.75, 3.05) is 25.5 Å². The van der Waals surface area contributed by atoms with E-state index in [0.717, 1.165) is 53.5 Å². The molecule has 1 aliphatic heterocycles. The fraction of sp³-hybridized carbons (Fsp3) is 0.429. The van der Waals surface area contributed by atoms with Crippen molar-refractivity contribution in [2.45, 2.75) is 32.7 Å². The minimum atomic E-state index is -0.0915. The second-order valence-electron chi connectivity index (χ2n) is 7.45. The normalized spacial score (nSPS) is 15.8. The van der Waals surface area contributed by atoms with Crippen LogP contribution in [0.3, 0.4) is 0 Å². The van der Waals surface area contributed by atoms with E-state index in [1.54, 1.807) is 13.4 Å². The maximum Gasteiger partial charge on any atom is 0.230 e. The van der Waals surface area contributed by atoms with E-state index in [1.165, 1.54) is 24.2 Å². The van der Waals surface area contributed by atoms with E-state index in [4.69, 9.17) is 9.15 Å². The van der Waals surface area contributed by atoms with Gasteiger partial charge in [-0.25, -0.2) is 4.98 Å². The molecule has 0 atom stereocenters. The number of ether oxygens (including phenoxy) is 1. The van der Waals surface area contributed by atoms with Crippen molar-refractivity contribution in [3.8, 4) is 5.75 Å². The van der Waals surface area contributed by atoms with Gasteiger partial charge in [-0.05, 0) is 44.0 Å². The zero-order valence-electron chi connectivity index (χ0n) is 16.2. The van der Waals surface area contributed by atoms with Crippen molar-refractivity contribution in [1.29, 1.82) is 0 Å². The van der Waals surface area contributed by atoms with Crippen LogP contribution in [0.4, 0.5) is 5.13 Å². The monoisotopic (exact) mass is 399 g/mol. The molecule has 3 heterocycles. The molecular formula is C21H25N3O3S. The molecule has 0 radical (unpaired) electrons. The first-order valence-electron chi connectivity index (χ1n) is 9.61. The van der Waals surface area contributed by atoms with Crippen molar-refractivity contribution in [3.63, 3.8) is 0 Å². The van der Waals surface area contributed by atoms with Crippen LogP contribution in [0.25, 0.3) is 11.0 Å². The number of hydrogen-bond acceptors (Lipinski definition) is 6. The molecule has 7 heteroatoms. The molecule has 3 aromatic rings. The summed E-state index contributed by atoms with van der Waals surface area (Å²) >= 11 is 1.48. The quantitative estimate of drug-likeness (QED) is 0.669. The topological polar surface area (TPSA) is 67.6 Å². The molecule has 0 spiro atoms. The Labute approximate surface area is 168 Å². The van der Waals surface area contributed by atoms with Gasteiger partial charge in [-0.3, -0.25) is 9.69 Å². The highest BCUT2D eigenvalue weighted by atomic mass is 32.1. The van der Waals surface area contributed by atoms with Crippen molar-refractivity contribution >= 4 is 33.3 Å². The number of nitrogens with zero attached hydrogens (tertiary/aromatic N) is 2. The standard InChI is InChI=1S/C21H25N3O3S/c1-14-5-7-24(8-6-14)11-16-13-28-21(22-16)23-20(25)9-15-12-27-19-10-17(26-2)3-4-18(15)19/h3-4,10,12-14H,5-9,11H2,1-2H3,(H,22,23,25). The number of carbonyl (C=O) groups is 1. The number of furan rings is 1. The van der Waals surface area contributed by atoms with Crippen LogP contribution in [0.15, 0.2) is 34.3 Å². The number of likely N-dealkylation sites (tertiary alicyclic amines) is 1. The maximum atomic E-state index is 12.5. The Morgan fingerprint density at radius 1 is 1.39 bits per heavy atom. The van der Waals surface area contributed by atoms with Gasteiger partial charge < -0.3 is 14.5 Å². The van der Waals surface area contributed by atoms with Gasteiger partial charge in [-0.15, -0.1) is 11.3 Å². The van der Waals surface area contributed by atoms with Crippen LogP contribution in [-0.2, 0) is 17.8 Å². The van der Waals surface area contributed by atoms with E-state index >= 15 is 0 Å². The lowest BCUT2D eigenvalue weighted by Gasteiger charge is -2.29. The molecule has 0 bridgehead atoms. The van der Waals surface area contributed by atoms with Gasteiger partial charge in [-0.2, -0.15) is 0 Å². The van der Waals surface area contributed by atoms with Gasteiger partial charge in [0.25, 0.3) is 0 Å². The lowest BCUT2D eigenvalue weighted by Crippen LogP contribution is -2.32. The molecule has 1 N–H and O–H groups in total. The van der Waals surface area contributed by atoms with Crippen LogP contribution in [0.1, 0.15) is 31.0 Å². The molecule has 2 aromatic heterocycles. The Balaban J connectivity index is 1.35. The second-order valence-corrected chi connectivity index (χ2v) is 8.31. The van der Waals surface area contributed by atoms with Crippen molar-refractivity contribution < 1.29 is 13.9 Å². The summed E-state index contributed by atoms with van der Waals surface area (Å²) < 4.78 is 10.8. The molecule has 6 nitrogen and oxygen atoms in total. The molecule has 1 saturated heterocycles. The first-order valence-corrected chi connectivity index (χ1v) is 10.5. The number of amides is 1. The average molecular weight is 400 g/mol. The number of rotatable bonds is 6. The van der Waals surface area contributed by atoms with E-state index in [-0.39, 0.29) is 12.3 Å². The van der Waals surface area contributed by atoms with Gasteiger partial charge in [0.05, 0.1) is 25.5 Å². The number of aromatic nitrogens is 1. The molecule has 28 heavy (non-hydrogen) atoms. The number of methoxy groups -OCH3 is 1. The molecule has 1 aromatic carbocycles. The molecule has 1 aliphatic rings. The number of anilines is 1. The number of piperidine rings is 1. The van der Waals surface area contributed by atoms with E-state index in [9.17, 15) is 4.79 Å². The van der Waals surface area contributed by atoms with Crippen molar-refractivity contribution in [3.05, 3.63) is 41.1 Å². The smallest absolute Gasteiger partial charge is 0.230 e. The Hall–Kier alpha value is -2.38. The summed E-state index contributed by atoms with van der Waals surface area (Å²) in [6.45, 7) is 5.41. The average Bonchev–Trinajstić information content (AvgIpc) is 3.30. The first-order chi connectivity index (χ1) is 13.6. The van der Waals surface area contributed by atoms with Gasteiger partial charge >= 0.3 is 0 Å². The zero-order valence-corrected chi connectivity index (χ0v) is 17.1. The molecular weight excluding hydrogens is 374 g/mol. The highest BCUT2D eigenvalue weighted by molar-refractivity contribution is 7.13. The molecule has 148 valence electrons. The highest BCUT2D eigenvalue weighted by Gasteiger charge is 2.17. The number of fused-ring (bicyclic) bond motifs is 1. The third kappa shape index (κ3) is 4.36. The van der Waals surface area contributed by atoms with Crippen LogP contribution < -0.4 is 10.1 Å². The maximum absolute atomic E-state index is 12.5. The van der Waals surface area contributed by atoms with Gasteiger partial charge in [-0.1, -0.05) is 6.92 Å². The molecule has 1 amide bonds. The summed E-state index contributed by atoms with van der Waals surface area (Å²) in [5, 5.41) is 6.53. The third-order valence-corrected chi connectivity index (χ3v) is 6.08. The Kier molecular flexibility index (Phi) is 5.64. The van der Waals surface area contributed by atoms with Gasteiger partial charge in [0.2, 0.25) is 5.91 Å². The number of thiazole rings is 1. The number of carbonyl (C=O) groups excluding carboxylic acids is 1. The van der Waals surface area contributed by atoms with Gasteiger partial charge in [0.1, 0.15) is 11.3 Å².